The highest BCUT2D eigenvalue weighted by atomic mass is 32.2. The van der Waals surface area contributed by atoms with Gasteiger partial charge in [0.2, 0.25) is 10.0 Å². The Balaban J connectivity index is 2.14. The van der Waals surface area contributed by atoms with Crippen molar-refractivity contribution in [3.05, 3.63) is 29.8 Å². The van der Waals surface area contributed by atoms with E-state index in [1.807, 2.05) is 6.92 Å². The molecule has 144 valence electrons. The Morgan fingerprint density at radius 2 is 1.88 bits per heavy atom. The molecule has 0 saturated carbocycles. The fourth-order valence-corrected chi connectivity index (χ4v) is 4.02. The van der Waals surface area contributed by atoms with Crippen molar-refractivity contribution in [1.29, 1.82) is 0 Å². The van der Waals surface area contributed by atoms with Gasteiger partial charge in [-0.1, -0.05) is 13.3 Å². The van der Waals surface area contributed by atoms with Gasteiger partial charge in [0, 0.05) is 24.3 Å². The smallest absolute Gasteiger partial charge is 0.311 e. The molecule has 0 spiro atoms. The minimum atomic E-state index is -3.37. The Hall–Kier alpha value is -2.09. The van der Waals surface area contributed by atoms with Crippen LogP contribution in [0.25, 0.3) is 0 Å². The molecule has 0 bridgehead atoms. The maximum atomic E-state index is 12.8. The molecule has 1 aromatic carbocycles. The number of hydrogen-bond donors (Lipinski definition) is 2. The first-order valence-corrected chi connectivity index (χ1v) is 10.5. The van der Waals surface area contributed by atoms with Crippen molar-refractivity contribution in [2.24, 2.45) is 5.41 Å². The molecule has 0 unspecified atom stereocenters. The van der Waals surface area contributed by atoms with Gasteiger partial charge >= 0.3 is 5.97 Å². The Bertz CT molecular complexity index is 756. The topological polar surface area (TPSA) is 104 Å². The van der Waals surface area contributed by atoms with E-state index in [-0.39, 0.29) is 18.2 Å². The van der Waals surface area contributed by atoms with E-state index in [1.165, 1.54) is 0 Å². The van der Waals surface area contributed by atoms with E-state index < -0.39 is 21.4 Å². The second-order valence-electron chi connectivity index (χ2n) is 6.75. The molecule has 2 rings (SSSR count). The summed E-state index contributed by atoms with van der Waals surface area (Å²) in [5.74, 6) is -1.10. The van der Waals surface area contributed by atoms with Crippen LogP contribution in [-0.4, -0.2) is 49.1 Å². The lowest BCUT2D eigenvalue weighted by Gasteiger charge is -2.40. The summed E-state index contributed by atoms with van der Waals surface area (Å²) < 4.78 is 25.6. The van der Waals surface area contributed by atoms with Crippen molar-refractivity contribution in [2.75, 3.05) is 23.6 Å². The molecule has 8 heteroatoms. The van der Waals surface area contributed by atoms with Crippen molar-refractivity contribution < 1.29 is 23.1 Å². The minimum absolute atomic E-state index is 0.0316. The van der Waals surface area contributed by atoms with Gasteiger partial charge in [-0.2, -0.15) is 0 Å². The zero-order valence-corrected chi connectivity index (χ0v) is 16.0. The van der Waals surface area contributed by atoms with E-state index in [0.717, 1.165) is 6.42 Å². The largest absolute Gasteiger partial charge is 0.481 e. The number of carboxylic acids is 1. The van der Waals surface area contributed by atoms with Gasteiger partial charge < -0.3 is 10.0 Å². The van der Waals surface area contributed by atoms with Crippen LogP contribution in [-0.2, 0) is 14.8 Å². The van der Waals surface area contributed by atoms with Crippen LogP contribution in [0.5, 0.6) is 0 Å². The number of likely N-dealkylation sites (tertiary alicyclic amines) is 1. The molecule has 1 fully saturated rings. The summed E-state index contributed by atoms with van der Waals surface area (Å²) in [6.45, 7) is 4.23. The van der Waals surface area contributed by atoms with Crippen LogP contribution in [0, 0.1) is 5.41 Å². The number of hydrogen-bond acceptors (Lipinski definition) is 4. The fourth-order valence-electron chi connectivity index (χ4n) is 3.38. The monoisotopic (exact) mass is 382 g/mol. The van der Waals surface area contributed by atoms with Crippen LogP contribution in [0.4, 0.5) is 5.69 Å². The van der Waals surface area contributed by atoms with Crippen LogP contribution >= 0.6 is 0 Å². The van der Waals surface area contributed by atoms with E-state index in [2.05, 4.69) is 4.72 Å². The van der Waals surface area contributed by atoms with Gasteiger partial charge in [0.05, 0.1) is 11.2 Å². The van der Waals surface area contributed by atoms with Crippen molar-refractivity contribution in [3.8, 4) is 0 Å². The third-order valence-corrected chi connectivity index (χ3v) is 6.14. The fraction of sp³-hybridized carbons (Fsp3) is 0.556. The van der Waals surface area contributed by atoms with Gasteiger partial charge in [-0.15, -0.1) is 0 Å². The summed E-state index contributed by atoms with van der Waals surface area (Å²) in [5, 5.41) is 9.65. The summed E-state index contributed by atoms with van der Waals surface area (Å²) in [5.41, 5.74) is -0.0608. The third-order valence-electron chi connectivity index (χ3n) is 4.83. The van der Waals surface area contributed by atoms with Crippen molar-refractivity contribution >= 4 is 27.6 Å². The average Bonchev–Trinajstić information content (AvgIpc) is 2.62. The Morgan fingerprint density at radius 3 is 2.42 bits per heavy atom. The normalized spacial score (nSPS) is 20.6. The van der Waals surface area contributed by atoms with Crippen molar-refractivity contribution in [2.45, 2.75) is 39.5 Å². The molecular weight excluding hydrogens is 356 g/mol. The van der Waals surface area contributed by atoms with E-state index in [1.54, 1.807) is 36.1 Å². The first kappa shape index (κ1) is 20.2. The third kappa shape index (κ3) is 4.55. The zero-order chi connectivity index (χ0) is 19.4. The van der Waals surface area contributed by atoms with E-state index in [0.29, 0.717) is 37.1 Å². The van der Waals surface area contributed by atoms with E-state index in [4.69, 9.17) is 0 Å². The predicted octanol–water partition coefficient (Wildman–Crippen LogP) is 2.56. The van der Waals surface area contributed by atoms with Crippen molar-refractivity contribution in [1.82, 2.24) is 4.90 Å². The highest BCUT2D eigenvalue weighted by Gasteiger charge is 2.42. The van der Waals surface area contributed by atoms with E-state index >= 15 is 0 Å². The highest BCUT2D eigenvalue weighted by Crippen LogP contribution is 2.35. The maximum Gasteiger partial charge on any atom is 0.311 e. The summed E-state index contributed by atoms with van der Waals surface area (Å²) in [6, 6.07) is 6.21. The molecule has 1 aliphatic rings. The number of carbonyl (C=O) groups is 2. The molecule has 1 atom stereocenters. The second-order valence-corrected chi connectivity index (χ2v) is 8.76. The molecule has 1 aliphatic heterocycles. The summed E-state index contributed by atoms with van der Waals surface area (Å²) >= 11 is 0. The molecule has 1 aromatic rings. The van der Waals surface area contributed by atoms with Crippen LogP contribution in [0.3, 0.4) is 0 Å². The van der Waals surface area contributed by atoms with Crippen LogP contribution in [0.15, 0.2) is 24.3 Å². The first-order chi connectivity index (χ1) is 12.2. The Morgan fingerprint density at radius 1 is 1.23 bits per heavy atom. The number of carboxylic acid groups (broad SMARTS) is 1. The Kier molecular flexibility index (Phi) is 6.28. The summed E-state index contributed by atoms with van der Waals surface area (Å²) in [4.78, 5) is 26.1. The highest BCUT2D eigenvalue weighted by molar-refractivity contribution is 7.92. The number of nitrogens with one attached hydrogen (secondary N) is 1. The molecule has 1 saturated heterocycles. The average molecular weight is 382 g/mol. The minimum Gasteiger partial charge on any atom is -0.481 e. The number of aliphatic carboxylic acids is 1. The lowest BCUT2D eigenvalue weighted by Crippen LogP contribution is -2.49. The summed E-state index contributed by atoms with van der Waals surface area (Å²) in [6.07, 6.45) is 2.54. The first-order valence-electron chi connectivity index (χ1n) is 8.86. The molecule has 2 N–H and O–H groups in total. The number of sulfonamides is 1. The lowest BCUT2D eigenvalue weighted by molar-refractivity contribution is -0.152. The second kappa shape index (κ2) is 8.07. The number of piperidine rings is 1. The number of amides is 1. The van der Waals surface area contributed by atoms with E-state index in [9.17, 15) is 23.1 Å². The molecular formula is C18H26N2O5S. The van der Waals surface area contributed by atoms with Crippen LogP contribution < -0.4 is 4.72 Å². The molecule has 0 aliphatic carbocycles. The van der Waals surface area contributed by atoms with Gasteiger partial charge in [-0.05, 0) is 50.5 Å². The Labute approximate surface area is 154 Å². The SMILES string of the molecule is CCC[C@@]1(C(=O)O)CCCN(C(=O)c2ccc(NS(=O)(=O)CC)cc2)C1. The molecule has 0 radical (unpaired) electrons. The molecule has 26 heavy (non-hydrogen) atoms. The zero-order valence-electron chi connectivity index (χ0n) is 15.2. The maximum absolute atomic E-state index is 12.8. The lowest BCUT2D eigenvalue weighted by atomic mass is 9.76. The van der Waals surface area contributed by atoms with Crippen molar-refractivity contribution in [3.63, 3.8) is 0 Å². The number of anilines is 1. The summed E-state index contributed by atoms with van der Waals surface area (Å²) in [7, 11) is -3.37. The number of rotatable bonds is 7. The molecule has 1 amide bonds. The predicted molar refractivity (Wildman–Crippen MR) is 99.6 cm³/mol. The number of carbonyl (C=O) groups excluding carboxylic acids is 1. The quantitative estimate of drug-likeness (QED) is 0.754. The number of benzene rings is 1. The van der Waals surface area contributed by atoms with Gasteiger partial charge in [-0.25, -0.2) is 8.42 Å². The molecule has 0 aromatic heterocycles. The van der Waals surface area contributed by atoms with Gasteiger partial charge in [-0.3, -0.25) is 14.3 Å². The standard InChI is InChI=1S/C18H26N2O5S/c1-3-10-18(17(22)23)11-5-12-20(13-18)16(21)14-6-8-15(9-7-14)19-26(24,25)4-2/h6-9,19H,3-5,10-13H2,1-2H3,(H,22,23)/t18-/m1/s1. The number of nitrogens with zero attached hydrogens (tertiary/aromatic N) is 1. The van der Waals surface area contributed by atoms with Crippen LogP contribution in [0.1, 0.15) is 49.9 Å². The van der Waals surface area contributed by atoms with Gasteiger partial charge in [0.15, 0.2) is 0 Å². The molecule has 7 nitrogen and oxygen atoms in total. The van der Waals surface area contributed by atoms with Crippen LogP contribution in [0.2, 0.25) is 0 Å². The van der Waals surface area contributed by atoms with Gasteiger partial charge in [0.25, 0.3) is 5.91 Å². The van der Waals surface area contributed by atoms with Gasteiger partial charge in [0.1, 0.15) is 0 Å². The molecule has 1 heterocycles.